The Kier molecular flexibility index (Phi) is 3.20. The molecule has 3 rings (SSSR count). The zero-order valence-corrected chi connectivity index (χ0v) is 12.1. The Balaban J connectivity index is 1.92. The van der Waals surface area contributed by atoms with Gasteiger partial charge in [0, 0.05) is 11.7 Å². The van der Waals surface area contributed by atoms with Crippen molar-refractivity contribution in [3.63, 3.8) is 0 Å². The lowest BCUT2D eigenvalue weighted by Crippen LogP contribution is -2.33. The number of nitrogens with zero attached hydrogens (tertiary/aromatic N) is 2. The summed E-state index contributed by atoms with van der Waals surface area (Å²) in [5.41, 5.74) is 2.52. The van der Waals surface area contributed by atoms with E-state index in [1.807, 2.05) is 13.8 Å². The van der Waals surface area contributed by atoms with Crippen LogP contribution in [0.3, 0.4) is 0 Å². The first-order valence-corrected chi connectivity index (χ1v) is 7.09. The monoisotopic (exact) mass is 273 g/mol. The van der Waals surface area contributed by atoms with Crippen molar-refractivity contribution >= 4 is 17.0 Å². The van der Waals surface area contributed by atoms with Crippen molar-refractivity contribution in [1.82, 2.24) is 15.5 Å². The molecule has 1 N–H and O–H groups in total. The summed E-state index contributed by atoms with van der Waals surface area (Å²) in [5, 5.41) is 7.75. The Morgan fingerprint density at radius 3 is 2.90 bits per heavy atom. The SMILES string of the molecule is Cc1cc(C(=O)NC2CCC(C)C2)c2c(C)noc2n1. The van der Waals surface area contributed by atoms with E-state index in [-0.39, 0.29) is 11.9 Å². The first-order chi connectivity index (χ1) is 9.54. The number of nitrogens with one attached hydrogen (secondary N) is 1. The van der Waals surface area contributed by atoms with Gasteiger partial charge in [0.15, 0.2) is 0 Å². The second-order valence-corrected chi connectivity index (χ2v) is 5.85. The molecular formula is C15H19N3O2. The van der Waals surface area contributed by atoms with Crippen LogP contribution in [-0.4, -0.2) is 22.1 Å². The summed E-state index contributed by atoms with van der Waals surface area (Å²) < 4.78 is 5.17. The number of hydrogen-bond donors (Lipinski definition) is 1. The number of amides is 1. The van der Waals surface area contributed by atoms with Gasteiger partial charge in [0.2, 0.25) is 0 Å². The van der Waals surface area contributed by atoms with E-state index in [0.29, 0.717) is 22.9 Å². The standard InChI is InChI=1S/C15H19N3O2/c1-8-4-5-11(6-8)17-14(19)12-7-9(2)16-15-13(12)10(3)18-20-15/h7-8,11H,4-6H2,1-3H3,(H,17,19). The Morgan fingerprint density at radius 2 is 2.20 bits per heavy atom. The van der Waals surface area contributed by atoms with Crippen LogP contribution in [0.2, 0.25) is 0 Å². The first kappa shape index (κ1) is 13.1. The van der Waals surface area contributed by atoms with Crippen molar-refractivity contribution in [2.45, 2.75) is 46.1 Å². The summed E-state index contributed by atoms with van der Waals surface area (Å²) in [6.07, 6.45) is 3.30. The average molecular weight is 273 g/mol. The molecule has 5 heteroatoms. The molecule has 0 radical (unpaired) electrons. The molecule has 0 bridgehead atoms. The van der Waals surface area contributed by atoms with Gasteiger partial charge in [-0.25, -0.2) is 4.98 Å². The molecule has 0 saturated heterocycles. The number of aromatic nitrogens is 2. The van der Waals surface area contributed by atoms with Crippen LogP contribution in [0.4, 0.5) is 0 Å². The van der Waals surface area contributed by atoms with Gasteiger partial charge in [-0.3, -0.25) is 4.79 Å². The van der Waals surface area contributed by atoms with E-state index in [1.54, 1.807) is 6.07 Å². The third kappa shape index (κ3) is 2.28. The number of hydrogen-bond acceptors (Lipinski definition) is 4. The van der Waals surface area contributed by atoms with Gasteiger partial charge >= 0.3 is 0 Å². The molecule has 0 spiro atoms. The fourth-order valence-electron chi connectivity index (χ4n) is 3.00. The van der Waals surface area contributed by atoms with Gasteiger partial charge in [-0.2, -0.15) is 0 Å². The zero-order valence-electron chi connectivity index (χ0n) is 12.1. The van der Waals surface area contributed by atoms with Crippen LogP contribution in [0.1, 0.15) is 47.9 Å². The predicted molar refractivity (Wildman–Crippen MR) is 75.5 cm³/mol. The highest BCUT2D eigenvalue weighted by atomic mass is 16.5. The average Bonchev–Trinajstić information content (AvgIpc) is 2.95. The predicted octanol–water partition coefficient (Wildman–Crippen LogP) is 2.76. The highest BCUT2D eigenvalue weighted by Gasteiger charge is 2.25. The van der Waals surface area contributed by atoms with Gasteiger partial charge in [0.1, 0.15) is 0 Å². The lowest BCUT2D eigenvalue weighted by Gasteiger charge is -2.13. The molecule has 1 aliphatic rings. The molecule has 2 unspecified atom stereocenters. The van der Waals surface area contributed by atoms with Crippen LogP contribution in [0, 0.1) is 19.8 Å². The van der Waals surface area contributed by atoms with Gasteiger partial charge in [-0.15, -0.1) is 0 Å². The van der Waals surface area contributed by atoms with Crippen LogP contribution >= 0.6 is 0 Å². The first-order valence-electron chi connectivity index (χ1n) is 7.09. The van der Waals surface area contributed by atoms with Crippen molar-refractivity contribution < 1.29 is 9.32 Å². The minimum Gasteiger partial charge on any atom is -0.349 e. The number of fused-ring (bicyclic) bond motifs is 1. The lowest BCUT2D eigenvalue weighted by molar-refractivity contribution is 0.0938. The molecule has 106 valence electrons. The van der Waals surface area contributed by atoms with E-state index >= 15 is 0 Å². The number of pyridine rings is 1. The minimum atomic E-state index is -0.0501. The summed E-state index contributed by atoms with van der Waals surface area (Å²) in [4.78, 5) is 16.8. The quantitative estimate of drug-likeness (QED) is 0.913. The fraction of sp³-hybridized carbons (Fsp3) is 0.533. The highest BCUT2D eigenvalue weighted by molar-refractivity contribution is 6.06. The third-order valence-corrected chi connectivity index (χ3v) is 4.02. The fourth-order valence-corrected chi connectivity index (χ4v) is 3.00. The van der Waals surface area contributed by atoms with Crippen LogP contribution in [0.5, 0.6) is 0 Å². The molecule has 20 heavy (non-hydrogen) atoms. The lowest BCUT2D eigenvalue weighted by atomic mass is 10.1. The van der Waals surface area contributed by atoms with E-state index in [4.69, 9.17) is 4.52 Å². The number of aryl methyl sites for hydroxylation is 2. The molecule has 2 aromatic heterocycles. The number of rotatable bonds is 2. The smallest absolute Gasteiger partial charge is 0.258 e. The summed E-state index contributed by atoms with van der Waals surface area (Å²) in [5.74, 6) is 0.641. The van der Waals surface area contributed by atoms with Crippen LogP contribution < -0.4 is 5.32 Å². The van der Waals surface area contributed by atoms with Crippen molar-refractivity contribution in [1.29, 1.82) is 0 Å². The van der Waals surface area contributed by atoms with Gasteiger partial charge in [0.05, 0.1) is 16.6 Å². The number of carbonyl (C=O) groups excluding carboxylic acids is 1. The van der Waals surface area contributed by atoms with Crippen LogP contribution in [0.25, 0.3) is 11.1 Å². The highest BCUT2D eigenvalue weighted by Crippen LogP contribution is 2.26. The molecule has 2 heterocycles. The van der Waals surface area contributed by atoms with Gasteiger partial charge in [0.25, 0.3) is 11.6 Å². The maximum atomic E-state index is 12.5. The Labute approximate surface area is 117 Å². The maximum Gasteiger partial charge on any atom is 0.258 e. The number of carbonyl (C=O) groups is 1. The largest absolute Gasteiger partial charge is 0.349 e. The van der Waals surface area contributed by atoms with Crippen LogP contribution in [-0.2, 0) is 0 Å². The van der Waals surface area contributed by atoms with Gasteiger partial charge in [-0.05, 0) is 45.1 Å². The molecular weight excluding hydrogens is 254 g/mol. The molecule has 1 amide bonds. The molecule has 5 nitrogen and oxygen atoms in total. The van der Waals surface area contributed by atoms with E-state index in [2.05, 4.69) is 22.4 Å². The summed E-state index contributed by atoms with van der Waals surface area (Å²) >= 11 is 0. The van der Waals surface area contributed by atoms with Gasteiger partial charge < -0.3 is 9.84 Å². The van der Waals surface area contributed by atoms with Crippen LogP contribution in [0.15, 0.2) is 10.6 Å². The molecule has 1 fully saturated rings. The van der Waals surface area contributed by atoms with Crippen molar-refractivity contribution in [3.8, 4) is 0 Å². The van der Waals surface area contributed by atoms with E-state index in [0.717, 1.165) is 23.9 Å². The van der Waals surface area contributed by atoms with Gasteiger partial charge in [-0.1, -0.05) is 12.1 Å². The summed E-state index contributed by atoms with van der Waals surface area (Å²) in [6, 6.07) is 2.08. The van der Waals surface area contributed by atoms with Crippen molar-refractivity contribution in [2.75, 3.05) is 0 Å². The molecule has 2 aromatic rings. The van der Waals surface area contributed by atoms with E-state index in [9.17, 15) is 4.79 Å². The molecule has 0 aliphatic heterocycles. The second kappa shape index (κ2) is 4.89. The van der Waals surface area contributed by atoms with E-state index in [1.165, 1.54) is 6.42 Å². The Morgan fingerprint density at radius 1 is 1.40 bits per heavy atom. The zero-order chi connectivity index (χ0) is 14.3. The minimum absolute atomic E-state index is 0.0501. The Hall–Kier alpha value is -1.91. The second-order valence-electron chi connectivity index (χ2n) is 5.85. The maximum absolute atomic E-state index is 12.5. The molecule has 0 aromatic carbocycles. The van der Waals surface area contributed by atoms with E-state index < -0.39 is 0 Å². The summed E-state index contributed by atoms with van der Waals surface area (Å²) in [6.45, 7) is 5.91. The molecule has 1 saturated carbocycles. The van der Waals surface area contributed by atoms with Crippen molar-refractivity contribution in [2.24, 2.45) is 5.92 Å². The Bertz CT molecular complexity index is 662. The van der Waals surface area contributed by atoms with Crippen molar-refractivity contribution in [3.05, 3.63) is 23.0 Å². The normalized spacial score (nSPS) is 22.4. The summed E-state index contributed by atoms with van der Waals surface area (Å²) in [7, 11) is 0. The molecule has 1 aliphatic carbocycles. The topological polar surface area (TPSA) is 68.0 Å². The molecule has 2 atom stereocenters. The third-order valence-electron chi connectivity index (χ3n) is 4.02.